The molecule has 12 aromatic rings. The molecule has 0 fully saturated rings. The van der Waals surface area contributed by atoms with E-state index in [1.807, 2.05) is 0 Å². The zero-order valence-electron chi connectivity index (χ0n) is 34.4. The average Bonchev–Trinajstić information content (AvgIpc) is 3.77. The van der Waals surface area contributed by atoms with Crippen LogP contribution in [0.2, 0.25) is 0 Å². The maximum Gasteiger partial charge on any atom is 0.235 e. The summed E-state index contributed by atoms with van der Waals surface area (Å²) < 4.78 is 2.31. The zero-order valence-corrected chi connectivity index (χ0v) is 34.4. The van der Waals surface area contributed by atoms with Gasteiger partial charge in [0.1, 0.15) is 0 Å². The molecule has 3 nitrogen and oxygen atoms in total. The zero-order chi connectivity index (χ0) is 41.1. The van der Waals surface area contributed by atoms with Crippen molar-refractivity contribution in [2.24, 2.45) is 0 Å². The van der Waals surface area contributed by atoms with Crippen LogP contribution >= 0.6 is 0 Å². The molecule has 0 bridgehead atoms. The summed E-state index contributed by atoms with van der Waals surface area (Å²) in [4.78, 5) is 10.8. The van der Waals surface area contributed by atoms with Crippen molar-refractivity contribution in [3.63, 3.8) is 0 Å². The Morgan fingerprint density at radius 3 is 1.48 bits per heavy atom. The molecule has 0 radical (unpaired) electrons. The van der Waals surface area contributed by atoms with Gasteiger partial charge in [0, 0.05) is 27.3 Å². The highest BCUT2D eigenvalue weighted by molar-refractivity contribution is 6.26. The molecule has 0 unspecified atom stereocenters. The fourth-order valence-electron chi connectivity index (χ4n) is 10.5. The van der Waals surface area contributed by atoms with Crippen LogP contribution < -0.4 is 0 Å². The topological polar surface area (TPSA) is 30.7 Å². The molecule has 0 spiro atoms. The van der Waals surface area contributed by atoms with Crippen LogP contribution in [-0.4, -0.2) is 14.5 Å². The lowest BCUT2D eigenvalue weighted by Gasteiger charge is -2.22. The monoisotopic (exact) mass is 789 g/mol. The van der Waals surface area contributed by atoms with Gasteiger partial charge in [-0.1, -0.05) is 172 Å². The molecule has 0 amide bonds. The van der Waals surface area contributed by atoms with Crippen molar-refractivity contribution in [2.45, 2.75) is 19.3 Å². The Bertz CT molecular complexity index is 3760. The van der Waals surface area contributed by atoms with Gasteiger partial charge in [-0.3, -0.25) is 4.57 Å². The number of fused-ring (bicyclic) bond motifs is 13. The molecule has 0 N–H and O–H groups in total. The summed E-state index contributed by atoms with van der Waals surface area (Å²) in [5.41, 5.74) is 13.4. The first kappa shape index (κ1) is 34.9. The fourth-order valence-corrected chi connectivity index (χ4v) is 10.5. The van der Waals surface area contributed by atoms with Crippen molar-refractivity contribution in [3.05, 3.63) is 211 Å². The first-order chi connectivity index (χ1) is 30.5. The molecule has 2 heterocycles. The standard InChI is InChI=1S/C59H39N3/c1-59(2)52-32-47-45-26-14-12-24-43(45)42-23-11-13-25-44(42)46(47)31-48(52)49-34-57-51(33-53(49)59)50-30-39(41-27-15-21-36-16-9-10-22-40(36)41)28-29-56(50)62(57)58-60-54(37-17-5-3-6-18-37)35-55(61-58)38-19-7-4-8-20-38/h3-35H,1-2H3. The van der Waals surface area contributed by atoms with Crippen LogP contribution in [0.5, 0.6) is 0 Å². The number of rotatable bonds is 4. The molecule has 1 aliphatic rings. The predicted molar refractivity (Wildman–Crippen MR) is 260 cm³/mol. The smallest absolute Gasteiger partial charge is 0.235 e. The van der Waals surface area contributed by atoms with E-state index in [4.69, 9.17) is 9.97 Å². The number of aromatic nitrogens is 3. The molecule has 290 valence electrons. The van der Waals surface area contributed by atoms with Gasteiger partial charge < -0.3 is 0 Å². The lowest BCUT2D eigenvalue weighted by Crippen LogP contribution is -2.15. The van der Waals surface area contributed by atoms with Gasteiger partial charge in [0.05, 0.1) is 22.4 Å². The van der Waals surface area contributed by atoms with Crippen molar-refractivity contribution < 1.29 is 0 Å². The fraction of sp³-hybridized carbons (Fsp3) is 0.0508. The Morgan fingerprint density at radius 1 is 0.339 bits per heavy atom. The summed E-state index contributed by atoms with van der Waals surface area (Å²) in [7, 11) is 0. The number of hydrogen-bond donors (Lipinski definition) is 0. The quantitative estimate of drug-likeness (QED) is 0.166. The SMILES string of the molecule is CC1(C)c2cc3c4ccccc4c4ccccc4c3cc2-c2cc3c(cc21)c1cc(-c2cccc4ccccc24)ccc1n3-c1nc(-c2ccccc2)cc(-c2ccccc2)n1. The Morgan fingerprint density at radius 2 is 0.839 bits per heavy atom. The van der Waals surface area contributed by atoms with Gasteiger partial charge in [0.2, 0.25) is 5.95 Å². The van der Waals surface area contributed by atoms with E-state index in [1.54, 1.807) is 0 Å². The van der Waals surface area contributed by atoms with Gasteiger partial charge in [0.25, 0.3) is 0 Å². The highest BCUT2D eigenvalue weighted by atomic mass is 15.2. The van der Waals surface area contributed by atoms with Gasteiger partial charge in [-0.05, 0) is 119 Å². The van der Waals surface area contributed by atoms with Crippen molar-refractivity contribution in [1.29, 1.82) is 0 Å². The average molecular weight is 790 g/mol. The molecule has 1 aliphatic carbocycles. The lowest BCUT2D eigenvalue weighted by atomic mass is 9.81. The highest BCUT2D eigenvalue weighted by Gasteiger charge is 2.37. The van der Waals surface area contributed by atoms with Crippen LogP contribution in [0.15, 0.2) is 200 Å². The minimum Gasteiger partial charge on any atom is -0.278 e. The molecule has 2 aromatic heterocycles. The summed E-state index contributed by atoms with van der Waals surface area (Å²) in [5, 5.41) is 12.6. The molecule has 13 rings (SSSR count). The van der Waals surface area contributed by atoms with Crippen molar-refractivity contribution in [2.75, 3.05) is 0 Å². The summed E-state index contributed by atoms with van der Waals surface area (Å²) in [6.07, 6.45) is 0. The van der Waals surface area contributed by atoms with E-state index in [2.05, 4.69) is 219 Å². The molecular formula is C59H39N3. The van der Waals surface area contributed by atoms with Gasteiger partial charge in [0.15, 0.2) is 0 Å². The Balaban J connectivity index is 1.13. The third-order valence-corrected chi connectivity index (χ3v) is 13.6. The maximum atomic E-state index is 5.42. The first-order valence-corrected chi connectivity index (χ1v) is 21.5. The summed E-state index contributed by atoms with van der Waals surface area (Å²) >= 11 is 0. The van der Waals surface area contributed by atoms with E-state index >= 15 is 0 Å². The van der Waals surface area contributed by atoms with Gasteiger partial charge >= 0.3 is 0 Å². The van der Waals surface area contributed by atoms with Crippen LogP contribution in [0.25, 0.3) is 116 Å². The molecule has 0 saturated heterocycles. The maximum absolute atomic E-state index is 5.42. The Kier molecular flexibility index (Phi) is 7.36. The molecule has 10 aromatic carbocycles. The number of benzene rings is 10. The van der Waals surface area contributed by atoms with Crippen LogP contribution in [0, 0.1) is 0 Å². The molecule has 0 atom stereocenters. The minimum absolute atomic E-state index is 0.244. The van der Waals surface area contributed by atoms with Crippen LogP contribution in [0.4, 0.5) is 0 Å². The van der Waals surface area contributed by atoms with E-state index in [-0.39, 0.29) is 5.41 Å². The van der Waals surface area contributed by atoms with E-state index < -0.39 is 0 Å². The van der Waals surface area contributed by atoms with E-state index in [1.165, 1.54) is 87.2 Å². The van der Waals surface area contributed by atoms with Crippen molar-refractivity contribution >= 4 is 64.9 Å². The van der Waals surface area contributed by atoms with E-state index in [0.717, 1.165) is 33.5 Å². The van der Waals surface area contributed by atoms with Gasteiger partial charge in [-0.2, -0.15) is 0 Å². The normalized spacial score (nSPS) is 13.1. The predicted octanol–water partition coefficient (Wildman–Crippen LogP) is 15.5. The van der Waals surface area contributed by atoms with E-state index in [0.29, 0.717) is 5.95 Å². The Labute approximate surface area is 359 Å². The largest absolute Gasteiger partial charge is 0.278 e. The van der Waals surface area contributed by atoms with Crippen LogP contribution in [0.1, 0.15) is 25.0 Å². The molecule has 0 saturated carbocycles. The van der Waals surface area contributed by atoms with Gasteiger partial charge in [-0.15, -0.1) is 0 Å². The summed E-state index contributed by atoms with van der Waals surface area (Å²) in [5.74, 6) is 0.650. The summed E-state index contributed by atoms with van der Waals surface area (Å²) in [6, 6.07) is 73.0. The van der Waals surface area contributed by atoms with Gasteiger partial charge in [-0.25, -0.2) is 9.97 Å². The molecular weight excluding hydrogens is 751 g/mol. The number of nitrogens with zero attached hydrogens (tertiary/aromatic N) is 3. The molecule has 62 heavy (non-hydrogen) atoms. The molecule has 0 aliphatic heterocycles. The van der Waals surface area contributed by atoms with Crippen LogP contribution in [0.3, 0.4) is 0 Å². The second-order valence-corrected chi connectivity index (χ2v) is 17.3. The third kappa shape index (κ3) is 5.06. The first-order valence-electron chi connectivity index (χ1n) is 21.5. The summed E-state index contributed by atoms with van der Waals surface area (Å²) in [6.45, 7) is 4.80. The molecule has 3 heteroatoms. The van der Waals surface area contributed by atoms with E-state index in [9.17, 15) is 0 Å². The lowest BCUT2D eigenvalue weighted by molar-refractivity contribution is 0.662. The van der Waals surface area contributed by atoms with Crippen molar-refractivity contribution in [3.8, 4) is 50.7 Å². The second kappa shape index (κ2) is 13.1. The third-order valence-electron chi connectivity index (χ3n) is 13.6. The highest BCUT2D eigenvalue weighted by Crippen LogP contribution is 2.53. The minimum atomic E-state index is -0.244. The second-order valence-electron chi connectivity index (χ2n) is 17.3. The number of hydrogen-bond acceptors (Lipinski definition) is 2. The van der Waals surface area contributed by atoms with Crippen molar-refractivity contribution in [1.82, 2.24) is 14.5 Å². The van der Waals surface area contributed by atoms with Crippen LogP contribution in [-0.2, 0) is 5.41 Å². The Hall–Kier alpha value is -7.88.